The summed E-state index contributed by atoms with van der Waals surface area (Å²) in [6, 6.07) is 2.75. The molecule has 1 N–H and O–H groups in total. The van der Waals surface area contributed by atoms with Gasteiger partial charge in [-0.2, -0.15) is 13.2 Å². The molecule has 1 saturated carbocycles. The van der Waals surface area contributed by atoms with Crippen LogP contribution in [0.25, 0.3) is 5.65 Å². The zero-order valence-electron chi connectivity index (χ0n) is 11.2. The molecule has 20 heavy (non-hydrogen) atoms. The van der Waals surface area contributed by atoms with Gasteiger partial charge in [0.15, 0.2) is 0 Å². The second-order valence-corrected chi connectivity index (χ2v) is 5.91. The monoisotopic (exact) mass is 284 g/mol. The molecule has 1 aliphatic rings. The standard InChI is InChI=1S/C14H15F3N2O/c1-8-3-11(14(15,16)17)19-7-10(18-12(19)4-8)9-5-13(2,20)6-9/h3-4,7,9,20H,5-6H2,1-2H3. The van der Waals surface area contributed by atoms with Gasteiger partial charge in [0, 0.05) is 12.1 Å². The first-order valence-corrected chi connectivity index (χ1v) is 6.45. The van der Waals surface area contributed by atoms with Gasteiger partial charge in [-0.1, -0.05) is 0 Å². The summed E-state index contributed by atoms with van der Waals surface area (Å²) in [4.78, 5) is 4.29. The summed E-state index contributed by atoms with van der Waals surface area (Å²) >= 11 is 0. The zero-order chi connectivity index (χ0) is 14.7. The number of halogens is 3. The van der Waals surface area contributed by atoms with Crippen LogP contribution >= 0.6 is 0 Å². The van der Waals surface area contributed by atoms with Crippen LogP contribution < -0.4 is 0 Å². The molecule has 0 saturated heterocycles. The van der Waals surface area contributed by atoms with Crippen LogP contribution in [0.4, 0.5) is 13.2 Å². The quantitative estimate of drug-likeness (QED) is 0.872. The number of rotatable bonds is 1. The van der Waals surface area contributed by atoms with Crippen LogP contribution in [-0.2, 0) is 6.18 Å². The maximum Gasteiger partial charge on any atom is 0.431 e. The Hall–Kier alpha value is -1.56. The maximum absolute atomic E-state index is 13.0. The van der Waals surface area contributed by atoms with E-state index in [2.05, 4.69) is 4.98 Å². The predicted molar refractivity (Wildman–Crippen MR) is 67.5 cm³/mol. The number of hydrogen-bond acceptors (Lipinski definition) is 2. The number of aryl methyl sites for hydroxylation is 1. The highest BCUT2D eigenvalue weighted by atomic mass is 19.4. The van der Waals surface area contributed by atoms with Crippen molar-refractivity contribution >= 4 is 5.65 Å². The van der Waals surface area contributed by atoms with Crippen LogP contribution in [0.1, 0.15) is 42.6 Å². The van der Waals surface area contributed by atoms with Gasteiger partial charge in [-0.25, -0.2) is 4.98 Å². The molecule has 2 aromatic rings. The molecule has 0 aromatic carbocycles. The lowest BCUT2D eigenvalue weighted by Gasteiger charge is -2.39. The van der Waals surface area contributed by atoms with Crippen LogP contribution in [-0.4, -0.2) is 20.1 Å². The molecule has 2 aromatic heterocycles. The smallest absolute Gasteiger partial charge is 0.390 e. The van der Waals surface area contributed by atoms with Gasteiger partial charge >= 0.3 is 6.18 Å². The minimum Gasteiger partial charge on any atom is -0.390 e. The normalized spacial score (nSPS) is 26.8. The molecule has 0 unspecified atom stereocenters. The zero-order valence-corrected chi connectivity index (χ0v) is 11.2. The van der Waals surface area contributed by atoms with Crippen LogP contribution in [0.5, 0.6) is 0 Å². The SMILES string of the molecule is Cc1cc(C(F)(F)F)n2cc(C3CC(C)(O)C3)nc2c1. The third-order valence-corrected chi connectivity index (χ3v) is 3.81. The van der Waals surface area contributed by atoms with Gasteiger partial charge in [0.05, 0.1) is 11.3 Å². The number of aliphatic hydroxyl groups is 1. The fourth-order valence-corrected chi connectivity index (χ4v) is 2.86. The van der Waals surface area contributed by atoms with Gasteiger partial charge in [-0.05, 0) is 44.4 Å². The topological polar surface area (TPSA) is 37.5 Å². The Balaban J connectivity index is 2.07. The first-order chi connectivity index (χ1) is 9.16. The predicted octanol–water partition coefficient (Wildman–Crippen LogP) is 3.29. The fraction of sp³-hybridized carbons (Fsp3) is 0.500. The molecule has 108 valence electrons. The minimum absolute atomic E-state index is 0.0336. The van der Waals surface area contributed by atoms with Gasteiger partial charge in [0.25, 0.3) is 0 Å². The van der Waals surface area contributed by atoms with Crippen molar-refractivity contribution in [3.05, 3.63) is 35.3 Å². The molecule has 3 rings (SSSR count). The Morgan fingerprint density at radius 3 is 2.55 bits per heavy atom. The molecule has 2 heterocycles. The lowest BCUT2D eigenvalue weighted by molar-refractivity contribution is -0.142. The summed E-state index contributed by atoms with van der Waals surface area (Å²) < 4.78 is 40.2. The van der Waals surface area contributed by atoms with E-state index in [9.17, 15) is 18.3 Å². The Bertz CT molecular complexity index is 665. The second kappa shape index (κ2) is 3.97. The van der Waals surface area contributed by atoms with Gasteiger partial charge in [0.1, 0.15) is 11.3 Å². The van der Waals surface area contributed by atoms with Crippen LogP contribution in [0, 0.1) is 6.92 Å². The van der Waals surface area contributed by atoms with E-state index in [4.69, 9.17) is 0 Å². The van der Waals surface area contributed by atoms with Gasteiger partial charge in [-0.3, -0.25) is 4.40 Å². The van der Waals surface area contributed by atoms with Crippen molar-refractivity contribution in [3.8, 4) is 0 Å². The van der Waals surface area contributed by atoms with Crippen LogP contribution in [0.2, 0.25) is 0 Å². The van der Waals surface area contributed by atoms with E-state index in [0.29, 0.717) is 29.7 Å². The molecular weight excluding hydrogens is 269 g/mol. The Labute approximate surface area is 114 Å². The van der Waals surface area contributed by atoms with E-state index < -0.39 is 17.5 Å². The van der Waals surface area contributed by atoms with E-state index in [0.717, 1.165) is 10.5 Å². The number of pyridine rings is 1. The van der Waals surface area contributed by atoms with Gasteiger partial charge in [-0.15, -0.1) is 0 Å². The molecule has 1 aliphatic carbocycles. The third kappa shape index (κ3) is 2.18. The molecule has 1 fully saturated rings. The highest BCUT2D eigenvalue weighted by Crippen LogP contribution is 2.44. The van der Waals surface area contributed by atoms with Gasteiger partial charge < -0.3 is 5.11 Å². The molecule has 0 aliphatic heterocycles. The van der Waals surface area contributed by atoms with Crippen molar-refractivity contribution in [1.29, 1.82) is 0 Å². The van der Waals surface area contributed by atoms with Crippen molar-refractivity contribution in [2.45, 2.75) is 44.4 Å². The number of alkyl halides is 3. The molecule has 3 nitrogen and oxygen atoms in total. The van der Waals surface area contributed by atoms with E-state index >= 15 is 0 Å². The number of aromatic nitrogens is 2. The molecule has 6 heteroatoms. The highest BCUT2D eigenvalue weighted by Gasteiger charge is 2.41. The number of nitrogens with zero attached hydrogens (tertiary/aromatic N) is 2. The number of fused-ring (bicyclic) bond motifs is 1. The molecule has 0 amide bonds. The second-order valence-electron chi connectivity index (χ2n) is 5.91. The van der Waals surface area contributed by atoms with Crippen molar-refractivity contribution in [3.63, 3.8) is 0 Å². The minimum atomic E-state index is -4.41. The van der Waals surface area contributed by atoms with Crippen molar-refractivity contribution < 1.29 is 18.3 Å². The average Bonchev–Trinajstić information content (AvgIpc) is 2.66. The largest absolute Gasteiger partial charge is 0.431 e. The number of hydrogen-bond donors (Lipinski definition) is 1. The van der Waals surface area contributed by atoms with Crippen LogP contribution in [0.15, 0.2) is 18.3 Å². The van der Waals surface area contributed by atoms with Gasteiger partial charge in [0.2, 0.25) is 0 Å². The fourth-order valence-electron chi connectivity index (χ4n) is 2.86. The van der Waals surface area contributed by atoms with Crippen LogP contribution in [0.3, 0.4) is 0 Å². The Morgan fingerprint density at radius 2 is 2.00 bits per heavy atom. The molecule has 0 atom stereocenters. The van der Waals surface area contributed by atoms with Crippen molar-refractivity contribution in [1.82, 2.24) is 9.38 Å². The summed E-state index contributed by atoms with van der Waals surface area (Å²) in [6.07, 6.45) is -1.89. The van der Waals surface area contributed by atoms with Crippen molar-refractivity contribution in [2.75, 3.05) is 0 Å². The summed E-state index contributed by atoms with van der Waals surface area (Å²) in [7, 11) is 0. The highest BCUT2D eigenvalue weighted by molar-refractivity contribution is 5.46. The summed E-state index contributed by atoms with van der Waals surface area (Å²) in [5.41, 5.74) is 0.0230. The number of imidazole rings is 1. The Kier molecular flexibility index (Phi) is 2.67. The van der Waals surface area contributed by atoms with E-state index in [1.165, 1.54) is 6.20 Å². The molecular formula is C14H15F3N2O. The average molecular weight is 284 g/mol. The third-order valence-electron chi connectivity index (χ3n) is 3.81. The Morgan fingerprint density at radius 1 is 1.35 bits per heavy atom. The van der Waals surface area contributed by atoms with E-state index in [1.54, 1.807) is 19.9 Å². The first kappa shape index (κ1) is 13.4. The molecule has 0 radical (unpaired) electrons. The summed E-state index contributed by atoms with van der Waals surface area (Å²) in [5.74, 6) is 0.0336. The van der Waals surface area contributed by atoms with E-state index in [1.807, 2.05) is 0 Å². The first-order valence-electron chi connectivity index (χ1n) is 6.45. The lowest BCUT2D eigenvalue weighted by atomic mass is 9.71. The molecule has 0 spiro atoms. The van der Waals surface area contributed by atoms with Crippen molar-refractivity contribution in [2.24, 2.45) is 0 Å². The lowest BCUT2D eigenvalue weighted by Crippen LogP contribution is -2.39. The maximum atomic E-state index is 13.0. The molecule has 0 bridgehead atoms. The summed E-state index contributed by atoms with van der Waals surface area (Å²) in [6.45, 7) is 3.35. The summed E-state index contributed by atoms with van der Waals surface area (Å²) in [5, 5.41) is 9.73. The van der Waals surface area contributed by atoms with E-state index in [-0.39, 0.29) is 5.92 Å².